The van der Waals surface area contributed by atoms with Crippen LogP contribution in [-0.4, -0.2) is 163 Å². The van der Waals surface area contributed by atoms with Gasteiger partial charge < -0.3 is 91.4 Å². The second-order valence-electron chi connectivity index (χ2n) is 22.4. The molecule has 21 N–H and O–H groups in total. The third-order valence-electron chi connectivity index (χ3n) is 15.0. The standard InChI is InChI=1S/C61H83N15O13.C6H15N/c1-34(73-54(81)21-22-62)46(77)30-35-13-18-51(87-4)40(27-35)56(83)74-44(11-8-24-71-60(65)66)48(79)32-37-15-20-53(89-6)42(29-37)58(85)76-45(12-9-25-72-61(67)68)49(80)33-38-16-19-52(88-5)41(28-38)57(84)75-43(10-7-23-70-59(63)64)47(78)31-36-14-17-50(86-3)39(26-36)55(82)69-2;1-2-3-4-5-6-7/h13-20,26-29,34,43-45H,7-12,21-25,30-33,62H2,1-6H3,(H,69,82)(H,73,81)(H,74,83)(H,75,84)(H,76,85)(H4,63,64,70)(H4,65,66,71)(H4,67,68,72);2-7H2,1H3/t34-,43-,44-,45-;/m1./s1. The molecule has 0 aliphatic rings. The highest BCUT2D eigenvalue weighted by molar-refractivity contribution is 6.04. The maximum Gasteiger partial charge on any atom is 0.255 e. The molecule has 5 amide bonds. The van der Waals surface area contributed by atoms with Gasteiger partial charge in [0.25, 0.3) is 23.6 Å². The molecule has 524 valence electrons. The van der Waals surface area contributed by atoms with E-state index in [0.29, 0.717) is 34.4 Å². The molecule has 0 heterocycles. The number of Topliss-reactive ketones (excluding diaryl/α,β-unsaturated/α-hetero) is 4. The summed E-state index contributed by atoms with van der Waals surface area (Å²) in [6.07, 6.45) is 5.30. The lowest BCUT2D eigenvalue weighted by Gasteiger charge is -2.21. The number of aliphatic imine (C=N–C) groups is 3. The van der Waals surface area contributed by atoms with Crippen molar-refractivity contribution < 1.29 is 62.1 Å². The molecule has 96 heavy (non-hydrogen) atoms. The summed E-state index contributed by atoms with van der Waals surface area (Å²) in [5, 5.41) is 13.6. The smallest absolute Gasteiger partial charge is 0.255 e. The van der Waals surface area contributed by atoms with E-state index in [-0.39, 0.29) is 159 Å². The van der Waals surface area contributed by atoms with Crippen molar-refractivity contribution in [3.63, 3.8) is 0 Å². The van der Waals surface area contributed by atoms with E-state index in [9.17, 15) is 43.2 Å². The Morgan fingerprint density at radius 2 is 0.729 bits per heavy atom. The summed E-state index contributed by atoms with van der Waals surface area (Å²) in [4.78, 5) is 136. The lowest BCUT2D eigenvalue weighted by atomic mass is 9.96. The fraction of sp³-hybridized carbons (Fsp3) is 0.463. The Balaban J connectivity index is 0.00000324. The van der Waals surface area contributed by atoms with Gasteiger partial charge in [-0.05, 0) is 129 Å². The average molecular weight is 1340 g/mol. The fourth-order valence-corrected chi connectivity index (χ4v) is 9.89. The van der Waals surface area contributed by atoms with Crippen LogP contribution in [0.4, 0.5) is 0 Å². The van der Waals surface area contributed by atoms with Crippen LogP contribution in [0, 0.1) is 0 Å². The van der Waals surface area contributed by atoms with E-state index in [2.05, 4.69) is 48.5 Å². The molecule has 0 radical (unpaired) electrons. The van der Waals surface area contributed by atoms with E-state index in [1.807, 2.05) is 0 Å². The third kappa shape index (κ3) is 27.8. The minimum absolute atomic E-state index is 0.0123. The van der Waals surface area contributed by atoms with Crippen LogP contribution < -0.4 is 91.4 Å². The highest BCUT2D eigenvalue weighted by Gasteiger charge is 2.29. The highest BCUT2D eigenvalue weighted by atomic mass is 16.5. The maximum atomic E-state index is 14.5. The van der Waals surface area contributed by atoms with Gasteiger partial charge in [0.05, 0.1) is 74.9 Å². The first-order valence-corrected chi connectivity index (χ1v) is 31.7. The van der Waals surface area contributed by atoms with Crippen molar-refractivity contribution in [2.75, 3.05) is 68.2 Å². The van der Waals surface area contributed by atoms with Gasteiger partial charge in [-0.1, -0.05) is 50.5 Å². The molecule has 4 aromatic rings. The van der Waals surface area contributed by atoms with E-state index < -0.39 is 65.1 Å². The number of amides is 5. The molecule has 29 heteroatoms. The van der Waals surface area contributed by atoms with Gasteiger partial charge in [-0.15, -0.1) is 0 Å². The number of guanidine groups is 3. The summed E-state index contributed by atoms with van der Waals surface area (Å²) >= 11 is 0. The van der Waals surface area contributed by atoms with Gasteiger partial charge in [0.2, 0.25) is 5.91 Å². The summed E-state index contributed by atoms with van der Waals surface area (Å²) in [7, 11) is 6.92. The van der Waals surface area contributed by atoms with Crippen LogP contribution in [-0.2, 0) is 49.7 Å². The Bertz CT molecular complexity index is 3360. The Kier molecular flexibility index (Phi) is 35.8. The number of benzene rings is 4. The number of hydrogen-bond acceptors (Lipinski definition) is 18. The van der Waals surface area contributed by atoms with E-state index in [4.69, 9.17) is 64.8 Å². The van der Waals surface area contributed by atoms with E-state index in [1.54, 1.807) is 37.3 Å². The van der Waals surface area contributed by atoms with E-state index in [0.717, 1.165) is 6.54 Å². The van der Waals surface area contributed by atoms with Crippen molar-refractivity contribution in [1.82, 2.24) is 26.6 Å². The van der Waals surface area contributed by atoms with Crippen molar-refractivity contribution in [2.45, 2.75) is 134 Å². The number of carbonyl (C=O) groups excluding carboxylic acids is 9. The van der Waals surface area contributed by atoms with Gasteiger partial charge >= 0.3 is 0 Å². The van der Waals surface area contributed by atoms with Gasteiger partial charge in [0, 0.05) is 65.3 Å². The molecule has 0 bridgehead atoms. The summed E-state index contributed by atoms with van der Waals surface area (Å²) in [6.45, 7) is 5.10. The number of nitrogens with one attached hydrogen (secondary N) is 5. The fourth-order valence-electron chi connectivity index (χ4n) is 9.89. The lowest BCUT2D eigenvalue weighted by molar-refractivity contribution is -0.127. The molecular weight excluding hydrogens is 1240 g/mol. The zero-order valence-electron chi connectivity index (χ0n) is 56.1. The number of hydrogen-bond donors (Lipinski definition) is 13. The van der Waals surface area contributed by atoms with Crippen molar-refractivity contribution in [2.24, 2.45) is 60.8 Å². The first-order valence-electron chi connectivity index (χ1n) is 31.7. The molecule has 0 saturated heterocycles. The Hall–Kier alpha value is -10.2. The molecule has 0 spiro atoms. The lowest BCUT2D eigenvalue weighted by Crippen LogP contribution is -2.42. The monoisotopic (exact) mass is 1330 g/mol. The minimum Gasteiger partial charge on any atom is -0.496 e. The Morgan fingerprint density at radius 1 is 0.417 bits per heavy atom. The first kappa shape index (κ1) is 80.1. The number of nitrogens with two attached hydrogens (primary N) is 8. The zero-order chi connectivity index (χ0) is 71.3. The molecule has 4 aromatic carbocycles. The van der Waals surface area contributed by atoms with E-state index >= 15 is 0 Å². The molecular formula is C67H98N16O13. The molecule has 0 aliphatic heterocycles. The van der Waals surface area contributed by atoms with Crippen LogP contribution in [0.3, 0.4) is 0 Å². The van der Waals surface area contributed by atoms with Crippen molar-refractivity contribution >= 4 is 70.5 Å². The summed E-state index contributed by atoms with van der Waals surface area (Å²) in [6, 6.07) is 14.1. The van der Waals surface area contributed by atoms with Crippen LogP contribution in [0.25, 0.3) is 0 Å². The maximum absolute atomic E-state index is 14.5. The predicted octanol–water partition coefficient (Wildman–Crippen LogP) is 1.46. The van der Waals surface area contributed by atoms with Crippen LogP contribution in [0.5, 0.6) is 23.0 Å². The number of unbranched alkanes of at least 4 members (excludes halogenated alkanes) is 3. The van der Waals surface area contributed by atoms with Crippen molar-refractivity contribution in [1.29, 1.82) is 0 Å². The number of rotatable bonds is 42. The van der Waals surface area contributed by atoms with Gasteiger partial charge in [-0.25, -0.2) is 0 Å². The first-order chi connectivity index (χ1) is 45.9. The summed E-state index contributed by atoms with van der Waals surface area (Å²) < 4.78 is 22.0. The number of ketones is 4. The van der Waals surface area contributed by atoms with Gasteiger partial charge in [-0.2, -0.15) is 0 Å². The predicted molar refractivity (Wildman–Crippen MR) is 368 cm³/mol. The largest absolute Gasteiger partial charge is 0.496 e. The minimum atomic E-state index is -1.18. The molecule has 0 fully saturated rings. The highest BCUT2D eigenvalue weighted by Crippen LogP contribution is 2.26. The Labute approximate surface area is 560 Å². The molecule has 0 aromatic heterocycles. The summed E-state index contributed by atoms with van der Waals surface area (Å²) in [5.74, 6) is -4.49. The van der Waals surface area contributed by atoms with Crippen LogP contribution in [0.15, 0.2) is 87.8 Å². The SMILES string of the molecule is CCCCCCN.CNC(=O)c1cc(CC(=O)[C@@H](CCCN=C(N)N)NC(=O)c2cc(CC(=O)[C@@H](CCCN=C(N)N)NC(=O)c3cc(CC(=O)[C@@H](CCCN=C(N)N)NC(=O)c4cc(CC(=O)[C@@H](C)NC(=O)CCN)ccc4OC)ccc3OC)ccc2OC)ccc1OC. The van der Waals surface area contributed by atoms with Crippen LogP contribution >= 0.6 is 0 Å². The topological polar surface area (TPSA) is 496 Å². The van der Waals surface area contributed by atoms with Gasteiger partial charge in [0.1, 0.15) is 23.0 Å². The van der Waals surface area contributed by atoms with Crippen molar-refractivity contribution in [3.8, 4) is 23.0 Å². The molecule has 29 nitrogen and oxygen atoms in total. The quantitative estimate of drug-likeness (QED) is 0.0170. The van der Waals surface area contributed by atoms with Crippen LogP contribution in [0.2, 0.25) is 0 Å². The zero-order valence-corrected chi connectivity index (χ0v) is 56.1. The van der Waals surface area contributed by atoms with Crippen LogP contribution in [0.1, 0.15) is 148 Å². The number of carbonyl (C=O) groups is 9. The average Bonchev–Trinajstić information content (AvgIpc) is 0.855. The molecule has 0 unspecified atom stereocenters. The van der Waals surface area contributed by atoms with E-state index in [1.165, 1.54) is 104 Å². The summed E-state index contributed by atoms with van der Waals surface area (Å²) in [5.41, 5.74) is 45.9. The molecule has 4 atom stereocenters. The molecule has 0 saturated carbocycles. The normalized spacial score (nSPS) is 11.8. The molecule has 0 aliphatic carbocycles. The second-order valence-corrected chi connectivity index (χ2v) is 22.4. The number of ether oxygens (including phenoxy) is 4. The third-order valence-corrected chi connectivity index (χ3v) is 15.0. The Morgan fingerprint density at radius 3 is 1.00 bits per heavy atom. The van der Waals surface area contributed by atoms with Gasteiger partial charge in [-0.3, -0.25) is 58.1 Å². The van der Waals surface area contributed by atoms with Gasteiger partial charge in [0.15, 0.2) is 41.0 Å². The van der Waals surface area contributed by atoms with Crippen molar-refractivity contribution in [3.05, 3.63) is 117 Å². The second kappa shape index (κ2) is 42.9. The molecule has 4 rings (SSSR count). The number of nitrogens with zero attached hydrogens (tertiary/aromatic N) is 3. The number of methoxy groups -OCH3 is 4.